The fourth-order valence-electron chi connectivity index (χ4n) is 2.59. The lowest BCUT2D eigenvalue weighted by molar-refractivity contribution is 0.0687. The molecule has 0 unspecified atom stereocenters. The minimum Gasteiger partial charge on any atom is -0.477 e. The number of carboxylic acid groups (broad SMARTS) is 1. The number of aromatic carboxylic acids is 1. The SMILES string of the molecule is [C-]#[N+]COc1ccc(-c2c([N+]#[C-])c(CC)n(C)c2C(=O)O)cc1. The Hall–Kier alpha value is -3.25. The van der Waals surface area contributed by atoms with E-state index in [1.54, 1.807) is 35.9 Å². The number of carboxylic acids is 1. The van der Waals surface area contributed by atoms with E-state index >= 15 is 0 Å². The van der Waals surface area contributed by atoms with Crippen LogP contribution in [0.2, 0.25) is 0 Å². The van der Waals surface area contributed by atoms with Crippen molar-refractivity contribution in [3.63, 3.8) is 0 Å². The topological polar surface area (TPSA) is 60.2 Å². The van der Waals surface area contributed by atoms with Crippen LogP contribution in [0.25, 0.3) is 20.8 Å². The molecule has 0 saturated heterocycles. The van der Waals surface area contributed by atoms with Crippen molar-refractivity contribution in [2.24, 2.45) is 7.05 Å². The highest BCUT2D eigenvalue weighted by Crippen LogP contribution is 2.39. The second-order valence-electron chi connectivity index (χ2n) is 4.80. The predicted octanol–water partition coefficient (Wildman–Crippen LogP) is 3.76. The molecule has 1 aromatic carbocycles. The van der Waals surface area contributed by atoms with E-state index in [9.17, 15) is 9.90 Å². The maximum atomic E-state index is 11.6. The first-order chi connectivity index (χ1) is 11.0. The fraction of sp³-hybridized carbons (Fsp3) is 0.235. The van der Waals surface area contributed by atoms with Gasteiger partial charge in [-0.2, -0.15) is 0 Å². The van der Waals surface area contributed by atoms with Gasteiger partial charge in [-0.3, -0.25) is 4.85 Å². The third-order valence-electron chi connectivity index (χ3n) is 3.58. The summed E-state index contributed by atoms with van der Waals surface area (Å²) in [6.07, 6.45) is 0.570. The molecule has 6 heteroatoms. The minimum absolute atomic E-state index is 0.0711. The van der Waals surface area contributed by atoms with Gasteiger partial charge >= 0.3 is 12.7 Å². The first-order valence-electron chi connectivity index (χ1n) is 6.93. The number of rotatable bonds is 5. The Labute approximate surface area is 134 Å². The van der Waals surface area contributed by atoms with Crippen molar-refractivity contribution in [3.8, 4) is 16.9 Å². The molecule has 2 aromatic rings. The standard InChI is InChI=1S/C17H15N3O3/c1-5-13-15(19-3)14(16(17(21)22)20(13)4)11-6-8-12(9-7-11)23-10-18-2/h6-9H,5,10H2,1,4H3,(H,21,22). The molecule has 0 aliphatic rings. The van der Waals surface area contributed by atoms with Crippen LogP contribution in [0, 0.1) is 13.1 Å². The smallest absolute Gasteiger partial charge is 0.357 e. The summed E-state index contributed by atoms with van der Waals surface area (Å²) in [5.41, 5.74) is 2.22. The molecule has 2 rings (SSSR count). The van der Waals surface area contributed by atoms with Gasteiger partial charge in [-0.15, -0.1) is 0 Å². The number of ether oxygens (including phenoxy) is 1. The Bertz CT molecular complexity index is 821. The third kappa shape index (κ3) is 2.88. The van der Waals surface area contributed by atoms with Gasteiger partial charge in [0.25, 0.3) is 0 Å². The van der Waals surface area contributed by atoms with Crippen LogP contribution < -0.4 is 4.74 Å². The largest absolute Gasteiger partial charge is 0.477 e. The molecule has 0 amide bonds. The van der Waals surface area contributed by atoms with E-state index < -0.39 is 5.97 Å². The summed E-state index contributed by atoms with van der Waals surface area (Å²) in [7, 11) is 1.66. The highest BCUT2D eigenvalue weighted by atomic mass is 16.5. The van der Waals surface area contributed by atoms with Gasteiger partial charge < -0.3 is 14.4 Å². The van der Waals surface area contributed by atoms with Crippen LogP contribution in [0.4, 0.5) is 5.69 Å². The number of carbonyl (C=O) groups is 1. The van der Waals surface area contributed by atoms with Crippen LogP contribution in [0.3, 0.4) is 0 Å². The van der Waals surface area contributed by atoms with E-state index in [1.165, 1.54) is 0 Å². The zero-order valence-corrected chi connectivity index (χ0v) is 12.8. The highest BCUT2D eigenvalue weighted by molar-refractivity contribution is 6.00. The maximum absolute atomic E-state index is 11.6. The van der Waals surface area contributed by atoms with Crippen LogP contribution in [0.1, 0.15) is 23.1 Å². The van der Waals surface area contributed by atoms with E-state index in [-0.39, 0.29) is 12.4 Å². The molecule has 1 N–H and O–H groups in total. The summed E-state index contributed by atoms with van der Waals surface area (Å²) in [5, 5.41) is 9.53. The van der Waals surface area contributed by atoms with Crippen molar-refractivity contribution in [1.29, 1.82) is 0 Å². The summed E-state index contributed by atoms with van der Waals surface area (Å²) < 4.78 is 6.76. The van der Waals surface area contributed by atoms with Crippen molar-refractivity contribution >= 4 is 11.7 Å². The molecule has 0 fully saturated rings. The number of nitrogens with zero attached hydrogens (tertiary/aromatic N) is 3. The molecule has 116 valence electrons. The highest BCUT2D eigenvalue weighted by Gasteiger charge is 2.25. The molecule has 0 saturated carbocycles. The van der Waals surface area contributed by atoms with Gasteiger partial charge in [0.2, 0.25) is 5.69 Å². The predicted molar refractivity (Wildman–Crippen MR) is 85.5 cm³/mol. The molecule has 1 heterocycles. The summed E-state index contributed by atoms with van der Waals surface area (Å²) in [6.45, 7) is 15.9. The first-order valence-corrected chi connectivity index (χ1v) is 6.93. The third-order valence-corrected chi connectivity index (χ3v) is 3.58. The molecule has 0 aliphatic heterocycles. The van der Waals surface area contributed by atoms with Crippen molar-refractivity contribution in [1.82, 2.24) is 4.57 Å². The Morgan fingerprint density at radius 1 is 1.30 bits per heavy atom. The van der Waals surface area contributed by atoms with Gasteiger partial charge in [-0.05, 0) is 24.1 Å². The maximum Gasteiger partial charge on any atom is 0.357 e. The van der Waals surface area contributed by atoms with Crippen LogP contribution in [-0.2, 0) is 13.5 Å². The van der Waals surface area contributed by atoms with Gasteiger partial charge in [0.15, 0.2) is 0 Å². The zero-order chi connectivity index (χ0) is 17.0. The summed E-state index contributed by atoms with van der Waals surface area (Å²) >= 11 is 0. The number of benzene rings is 1. The molecule has 0 spiro atoms. The Kier molecular flexibility index (Phi) is 4.68. The van der Waals surface area contributed by atoms with Gasteiger partial charge in [-0.25, -0.2) is 16.2 Å². The molecule has 0 bridgehead atoms. The summed E-state index contributed by atoms with van der Waals surface area (Å²) in [5.74, 6) is -0.543. The van der Waals surface area contributed by atoms with Gasteiger partial charge in [0.05, 0.1) is 6.57 Å². The lowest BCUT2D eigenvalue weighted by Crippen LogP contribution is -2.07. The van der Waals surface area contributed by atoms with Gasteiger partial charge in [-0.1, -0.05) is 19.1 Å². The van der Waals surface area contributed by atoms with Gasteiger partial charge in [0.1, 0.15) is 11.4 Å². The Balaban J connectivity index is 2.61. The zero-order valence-electron chi connectivity index (χ0n) is 12.8. The van der Waals surface area contributed by atoms with E-state index in [0.717, 1.165) is 0 Å². The Morgan fingerprint density at radius 2 is 1.96 bits per heavy atom. The fourth-order valence-corrected chi connectivity index (χ4v) is 2.59. The van der Waals surface area contributed by atoms with Crippen LogP contribution >= 0.6 is 0 Å². The second-order valence-corrected chi connectivity index (χ2v) is 4.80. The molecular weight excluding hydrogens is 294 g/mol. The molecule has 0 atom stereocenters. The molecule has 1 aromatic heterocycles. The van der Waals surface area contributed by atoms with Crippen molar-refractivity contribution in [3.05, 3.63) is 58.5 Å². The molecule has 6 nitrogen and oxygen atoms in total. The van der Waals surface area contributed by atoms with Crippen LogP contribution in [-0.4, -0.2) is 22.4 Å². The Morgan fingerprint density at radius 3 is 2.43 bits per heavy atom. The van der Waals surface area contributed by atoms with Crippen molar-refractivity contribution < 1.29 is 14.6 Å². The number of hydrogen-bond donors (Lipinski definition) is 1. The van der Waals surface area contributed by atoms with E-state index in [4.69, 9.17) is 17.9 Å². The van der Waals surface area contributed by atoms with E-state index in [0.29, 0.717) is 34.7 Å². The molecule has 0 radical (unpaired) electrons. The minimum atomic E-state index is -1.07. The first kappa shape index (κ1) is 16.1. The molecular formula is C17H15N3O3. The van der Waals surface area contributed by atoms with Crippen molar-refractivity contribution in [2.45, 2.75) is 13.3 Å². The average molecular weight is 309 g/mol. The van der Waals surface area contributed by atoms with Crippen LogP contribution in [0.5, 0.6) is 5.75 Å². The second kappa shape index (κ2) is 6.67. The summed E-state index contributed by atoms with van der Waals surface area (Å²) in [6, 6.07) is 6.74. The molecule has 0 aliphatic carbocycles. The van der Waals surface area contributed by atoms with E-state index in [1.807, 2.05) is 6.92 Å². The lowest BCUT2D eigenvalue weighted by Gasteiger charge is -2.06. The van der Waals surface area contributed by atoms with Crippen molar-refractivity contribution in [2.75, 3.05) is 6.73 Å². The summed E-state index contributed by atoms with van der Waals surface area (Å²) in [4.78, 5) is 18.3. The van der Waals surface area contributed by atoms with Crippen LogP contribution in [0.15, 0.2) is 24.3 Å². The normalized spacial score (nSPS) is 9.91. The number of aromatic nitrogens is 1. The quantitative estimate of drug-likeness (QED) is 0.855. The molecule has 23 heavy (non-hydrogen) atoms. The monoisotopic (exact) mass is 309 g/mol. The van der Waals surface area contributed by atoms with Gasteiger partial charge in [0, 0.05) is 18.3 Å². The van der Waals surface area contributed by atoms with E-state index in [2.05, 4.69) is 9.69 Å². The number of hydrogen-bond acceptors (Lipinski definition) is 2. The lowest BCUT2D eigenvalue weighted by atomic mass is 10.0. The average Bonchev–Trinajstić information content (AvgIpc) is 2.85.